The van der Waals surface area contributed by atoms with Crippen molar-refractivity contribution < 1.29 is 19.6 Å². The SMILES string of the molecule is O=C(Oc1ccccc1)c1cc(B(O)O)ccc1Br. The highest BCUT2D eigenvalue weighted by Crippen LogP contribution is 2.18. The van der Waals surface area contributed by atoms with E-state index in [4.69, 9.17) is 14.8 Å². The number of hydrogen-bond acceptors (Lipinski definition) is 4. The van der Waals surface area contributed by atoms with E-state index in [-0.39, 0.29) is 11.0 Å². The van der Waals surface area contributed by atoms with Crippen LogP contribution in [0.5, 0.6) is 5.75 Å². The van der Waals surface area contributed by atoms with Gasteiger partial charge in [0.25, 0.3) is 0 Å². The van der Waals surface area contributed by atoms with Gasteiger partial charge >= 0.3 is 13.1 Å². The predicted octanol–water partition coefficient (Wildman–Crippen LogP) is 1.35. The molecule has 0 aliphatic rings. The summed E-state index contributed by atoms with van der Waals surface area (Å²) in [6.07, 6.45) is 0. The van der Waals surface area contributed by atoms with E-state index in [1.165, 1.54) is 12.1 Å². The van der Waals surface area contributed by atoms with Crippen LogP contribution in [0.2, 0.25) is 0 Å². The Morgan fingerprint density at radius 2 is 1.79 bits per heavy atom. The van der Waals surface area contributed by atoms with Crippen LogP contribution in [0.15, 0.2) is 53.0 Å². The molecule has 0 fully saturated rings. The smallest absolute Gasteiger partial charge is 0.423 e. The molecule has 0 aromatic heterocycles. The number of para-hydroxylation sites is 1. The van der Waals surface area contributed by atoms with Gasteiger partial charge in [-0.3, -0.25) is 0 Å². The molecule has 0 atom stereocenters. The Morgan fingerprint density at radius 1 is 1.11 bits per heavy atom. The summed E-state index contributed by atoms with van der Waals surface area (Å²) < 4.78 is 5.71. The van der Waals surface area contributed by atoms with E-state index in [1.54, 1.807) is 30.3 Å². The molecule has 0 amide bonds. The summed E-state index contributed by atoms with van der Waals surface area (Å²) in [5.74, 6) is -0.144. The molecule has 0 spiro atoms. The predicted molar refractivity (Wildman–Crippen MR) is 75.4 cm³/mol. The first kappa shape index (κ1) is 13.8. The van der Waals surface area contributed by atoms with E-state index in [0.717, 1.165) is 0 Å². The number of hydrogen-bond donors (Lipinski definition) is 2. The summed E-state index contributed by atoms with van der Waals surface area (Å²) in [5, 5.41) is 18.2. The van der Waals surface area contributed by atoms with Gasteiger partial charge < -0.3 is 14.8 Å². The fourth-order valence-electron chi connectivity index (χ4n) is 1.51. The third kappa shape index (κ3) is 3.44. The van der Waals surface area contributed by atoms with Crippen LogP contribution in [0.3, 0.4) is 0 Å². The Morgan fingerprint density at radius 3 is 2.42 bits per heavy atom. The minimum atomic E-state index is -1.63. The topological polar surface area (TPSA) is 66.8 Å². The average molecular weight is 321 g/mol. The molecule has 0 bridgehead atoms. The number of carbonyl (C=O) groups excluding carboxylic acids is 1. The van der Waals surface area contributed by atoms with Gasteiger partial charge in [0.15, 0.2) is 0 Å². The first-order valence-electron chi connectivity index (χ1n) is 5.51. The molecule has 0 aliphatic heterocycles. The van der Waals surface area contributed by atoms with Gasteiger partial charge in [0, 0.05) is 4.47 Å². The maximum absolute atomic E-state index is 12.0. The van der Waals surface area contributed by atoms with Gasteiger partial charge in [-0.2, -0.15) is 0 Å². The lowest BCUT2D eigenvalue weighted by Crippen LogP contribution is -2.30. The summed E-state index contributed by atoms with van der Waals surface area (Å²) in [5.41, 5.74) is 0.456. The molecular formula is C13H10BBrO4. The molecule has 0 saturated heterocycles. The summed E-state index contributed by atoms with van der Waals surface area (Å²) in [6, 6.07) is 13.1. The molecule has 96 valence electrons. The van der Waals surface area contributed by atoms with E-state index in [0.29, 0.717) is 10.2 Å². The van der Waals surface area contributed by atoms with Gasteiger partial charge in [-0.1, -0.05) is 24.3 Å². The number of carbonyl (C=O) groups is 1. The van der Waals surface area contributed by atoms with Crippen molar-refractivity contribution in [3.63, 3.8) is 0 Å². The van der Waals surface area contributed by atoms with Crippen molar-refractivity contribution in [2.45, 2.75) is 0 Å². The minimum Gasteiger partial charge on any atom is -0.423 e. The molecule has 0 radical (unpaired) electrons. The molecule has 2 aromatic rings. The Bertz CT molecular complexity index is 586. The van der Waals surface area contributed by atoms with Crippen molar-refractivity contribution in [3.05, 3.63) is 58.6 Å². The third-order valence-corrected chi connectivity index (χ3v) is 3.15. The van der Waals surface area contributed by atoms with Crippen LogP contribution in [0, 0.1) is 0 Å². The number of ether oxygens (including phenoxy) is 1. The van der Waals surface area contributed by atoms with Crippen LogP contribution in [-0.4, -0.2) is 23.1 Å². The number of benzene rings is 2. The van der Waals surface area contributed by atoms with Crippen molar-refractivity contribution in [1.82, 2.24) is 0 Å². The first-order valence-corrected chi connectivity index (χ1v) is 6.30. The molecule has 6 heteroatoms. The fourth-order valence-corrected chi connectivity index (χ4v) is 1.92. The number of halogens is 1. The Hall–Kier alpha value is -1.63. The summed E-state index contributed by atoms with van der Waals surface area (Å²) in [7, 11) is -1.63. The molecule has 0 saturated carbocycles. The summed E-state index contributed by atoms with van der Waals surface area (Å²) in [4.78, 5) is 12.0. The summed E-state index contributed by atoms with van der Waals surface area (Å²) in [6.45, 7) is 0. The lowest BCUT2D eigenvalue weighted by Gasteiger charge is -2.07. The maximum atomic E-state index is 12.0. The van der Waals surface area contributed by atoms with Crippen molar-refractivity contribution >= 4 is 34.5 Å². The Kier molecular flexibility index (Phi) is 4.37. The zero-order valence-electron chi connectivity index (χ0n) is 9.79. The third-order valence-electron chi connectivity index (χ3n) is 2.46. The van der Waals surface area contributed by atoms with Gasteiger partial charge in [-0.25, -0.2) is 4.79 Å². The standard InChI is InChI=1S/C13H10BBrO4/c15-12-7-6-9(14(17)18)8-11(12)13(16)19-10-4-2-1-3-5-10/h1-8,17-18H. The maximum Gasteiger partial charge on any atom is 0.488 e. The van der Waals surface area contributed by atoms with Crippen molar-refractivity contribution in [2.75, 3.05) is 0 Å². The molecule has 0 aliphatic carbocycles. The highest BCUT2D eigenvalue weighted by atomic mass is 79.9. The first-order chi connectivity index (χ1) is 9.08. The zero-order chi connectivity index (χ0) is 13.8. The zero-order valence-corrected chi connectivity index (χ0v) is 11.4. The van der Waals surface area contributed by atoms with Crippen LogP contribution >= 0.6 is 15.9 Å². The summed E-state index contributed by atoms with van der Waals surface area (Å²) >= 11 is 3.23. The lowest BCUT2D eigenvalue weighted by molar-refractivity contribution is 0.0734. The normalized spacial score (nSPS) is 10.1. The van der Waals surface area contributed by atoms with E-state index in [1.807, 2.05) is 6.07 Å². The van der Waals surface area contributed by atoms with Gasteiger partial charge in [-0.05, 0) is 45.7 Å². The van der Waals surface area contributed by atoms with Crippen LogP contribution in [0.4, 0.5) is 0 Å². The highest BCUT2D eigenvalue weighted by Gasteiger charge is 2.18. The van der Waals surface area contributed by atoms with Crippen LogP contribution in [0.25, 0.3) is 0 Å². The second kappa shape index (κ2) is 6.01. The van der Waals surface area contributed by atoms with Crippen molar-refractivity contribution in [1.29, 1.82) is 0 Å². The molecule has 0 unspecified atom stereocenters. The number of rotatable bonds is 3. The molecule has 4 nitrogen and oxygen atoms in total. The molecule has 2 rings (SSSR count). The van der Waals surface area contributed by atoms with E-state index in [9.17, 15) is 4.79 Å². The van der Waals surface area contributed by atoms with Gasteiger partial charge in [0.05, 0.1) is 5.56 Å². The minimum absolute atomic E-state index is 0.225. The Balaban J connectivity index is 2.26. The van der Waals surface area contributed by atoms with Crippen LogP contribution in [-0.2, 0) is 0 Å². The highest BCUT2D eigenvalue weighted by molar-refractivity contribution is 9.10. The lowest BCUT2D eigenvalue weighted by atomic mass is 9.79. The van der Waals surface area contributed by atoms with E-state index < -0.39 is 13.1 Å². The fraction of sp³-hybridized carbons (Fsp3) is 0. The van der Waals surface area contributed by atoms with Gasteiger partial charge in [0.2, 0.25) is 0 Å². The molecule has 0 heterocycles. The second-order valence-corrected chi connectivity index (χ2v) is 4.67. The van der Waals surface area contributed by atoms with Crippen molar-refractivity contribution in [3.8, 4) is 5.75 Å². The molecule has 2 N–H and O–H groups in total. The molecule has 2 aromatic carbocycles. The van der Waals surface area contributed by atoms with Crippen molar-refractivity contribution in [2.24, 2.45) is 0 Å². The second-order valence-electron chi connectivity index (χ2n) is 3.82. The van der Waals surface area contributed by atoms with Crippen LogP contribution < -0.4 is 10.2 Å². The molecule has 19 heavy (non-hydrogen) atoms. The molecular weight excluding hydrogens is 311 g/mol. The van der Waals surface area contributed by atoms with E-state index >= 15 is 0 Å². The van der Waals surface area contributed by atoms with E-state index in [2.05, 4.69) is 15.9 Å². The van der Waals surface area contributed by atoms with Gasteiger partial charge in [0.1, 0.15) is 5.75 Å². The Labute approximate surface area is 118 Å². The quantitative estimate of drug-likeness (QED) is 0.509. The monoisotopic (exact) mass is 320 g/mol. The largest absolute Gasteiger partial charge is 0.488 e. The average Bonchev–Trinajstić information content (AvgIpc) is 2.40. The number of esters is 1. The van der Waals surface area contributed by atoms with Crippen LogP contribution in [0.1, 0.15) is 10.4 Å². The van der Waals surface area contributed by atoms with Gasteiger partial charge in [-0.15, -0.1) is 0 Å².